The molecule has 6 heteroatoms. The number of anilines is 1. The van der Waals surface area contributed by atoms with Crippen molar-refractivity contribution in [2.75, 3.05) is 11.9 Å². The van der Waals surface area contributed by atoms with Gasteiger partial charge in [-0.05, 0) is 26.0 Å². The molecule has 0 saturated heterocycles. The van der Waals surface area contributed by atoms with Crippen LogP contribution in [0.25, 0.3) is 0 Å². The first-order chi connectivity index (χ1) is 8.50. The number of benzene rings is 1. The number of hydroxylamine groups is 1. The lowest BCUT2D eigenvalue weighted by Gasteiger charge is -2.14. The van der Waals surface area contributed by atoms with Gasteiger partial charge >= 0.3 is 0 Å². The van der Waals surface area contributed by atoms with Gasteiger partial charge in [-0.25, -0.2) is 5.48 Å². The largest absolute Gasteiger partial charge is 0.382 e. The number of hydrogen-bond donors (Lipinski definition) is 3. The van der Waals surface area contributed by atoms with Gasteiger partial charge in [0.15, 0.2) is 6.61 Å². The van der Waals surface area contributed by atoms with Crippen LogP contribution in [-0.4, -0.2) is 24.5 Å². The lowest BCUT2D eigenvalue weighted by Crippen LogP contribution is -2.30. The Labute approximate surface area is 105 Å². The number of carbonyl (C=O) groups is 2. The number of para-hydroxylation sites is 1. The monoisotopic (exact) mass is 251 g/mol. The summed E-state index contributed by atoms with van der Waals surface area (Å²) in [5, 5.41) is 3.15. The maximum absolute atomic E-state index is 11.8. The summed E-state index contributed by atoms with van der Waals surface area (Å²) in [6, 6.07) is 7.22. The van der Waals surface area contributed by atoms with Crippen LogP contribution in [0.3, 0.4) is 0 Å². The molecule has 0 aromatic heterocycles. The fourth-order valence-corrected chi connectivity index (χ4v) is 1.35. The first kappa shape index (κ1) is 14.0. The van der Waals surface area contributed by atoms with E-state index in [1.54, 1.807) is 18.2 Å². The molecule has 98 valence electrons. The smallest absolute Gasteiger partial charge is 0.276 e. The molecule has 1 aromatic carbocycles. The third-order valence-electron chi connectivity index (χ3n) is 2.00. The molecular weight excluding hydrogens is 234 g/mol. The fraction of sp³-hybridized carbons (Fsp3) is 0.333. The number of rotatable bonds is 6. The zero-order chi connectivity index (χ0) is 13.5. The van der Waals surface area contributed by atoms with Gasteiger partial charge in [0.05, 0.1) is 5.56 Å². The average molecular weight is 251 g/mol. The van der Waals surface area contributed by atoms with Gasteiger partial charge in [0, 0.05) is 11.7 Å². The Morgan fingerprint density at radius 3 is 2.61 bits per heavy atom. The maximum Gasteiger partial charge on any atom is 0.276 e. The van der Waals surface area contributed by atoms with Crippen molar-refractivity contribution >= 4 is 17.5 Å². The van der Waals surface area contributed by atoms with Gasteiger partial charge < -0.3 is 11.1 Å². The SMILES string of the molecule is CC(C)Nc1ccccc1C(=O)NOCC(N)=O. The fourth-order valence-electron chi connectivity index (χ4n) is 1.35. The molecule has 4 N–H and O–H groups in total. The Balaban J connectivity index is 2.69. The van der Waals surface area contributed by atoms with E-state index in [0.717, 1.165) is 0 Å². The van der Waals surface area contributed by atoms with Crippen molar-refractivity contribution < 1.29 is 14.4 Å². The van der Waals surface area contributed by atoms with E-state index < -0.39 is 11.8 Å². The highest BCUT2D eigenvalue weighted by Gasteiger charge is 2.11. The second kappa shape index (κ2) is 6.61. The molecule has 0 atom stereocenters. The summed E-state index contributed by atoms with van der Waals surface area (Å²) in [6.45, 7) is 3.59. The van der Waals surface area contributed by atoms with Gasteiger partial charge in [-0.1, -0.05) is 12.1 Å². The molecule has 0 saturated carbocycles. The minimum atomic E-state index is -0.649. The second-order valence-electron chi connectivity index (χ2n) is 4.03. The third kappa shape index (κ3) is 4.42. The molecule has 0 unspecified atom stereocenters. The molecule has 0 bridgehead atoms. The Morgan fingerprint density at radius 2 is 2.00 bits per heavy atom. The van der Waals surface area contributed by atoms with Crippen LogP contribution < -0.4 is 16.5 Å². The van der Waals surface area contributed by atoms with E-state index in [1.807, 2.05) is 19.9 Å². The quantitative estimate of drug-likeness (QED) is 0.647. The maximum atomic E-state index is 11.8. The lowest BCUT2D eigenvalue weighted by molar-refractivity contribution is -0.124. The molecule has 0 spiro atoms. The summed E-state index contributed by atoms with van der Waals surface area (Å²) in [7, 11) is 0. The Bertz CT molecular complexity index is 432. The zero-order valence-corrected chi connectivity index (χ0v) is 10.4. The summed E-state index contributed by atoms with van der Waals surface area (Å²) < 4.78 is 0. The van der Waals surface area contributed by atoms with Gasteiger partial charge in [0.2, 0.25) is 5.91 Å². The minimum Gasteiger partial charge on any atom is -0.382 e. The predicted molar refractivity (Wildman–Crippen MR) is 67.8 cm³/mol. The van der Waals surface area contributed by atoms with Crippen LogP contribution in [0.5, 0.6) is 0 Å². The van der Waals surface area contributed by atoms with Crippen LogP contribution in [0.1, 0.15) is 24.2 Å². The van der Waals surface area contributed by atoms with Crippen molar-refractivity contribution in [1.82, 2.24) is 5.48 Å². The predicted octanol–water partition coefficient (Wildman–Crippen LogP) is 0.654. The van der Waals surface area contributed by atoms with E-state index in [1.165, 1.54) is 0 Å². The van der Waals surface area contributed by atoms with E-state index in [0.29, 0.717) is 11.3 Å². The van der Waals surface area contributed by atoms with Crippen LogP contribution in [0.15, 0.2) is 24.3 Å². The highest BCUT2D eigenvalue weighted by Crippen LogP contribution is 2.15. The minimum absolute atomic E-state index is 0.200. The Morgan fingerprint density at radius 1 is 1.33 bits per heavy atom. The summed E-state index contributed by atoms with van der Waals surface area (Å²) in [4.78, 5) is 26.9. The van der Waals surface area contributed by atoms with Crippen LogP contribution in [0.2, 0.25) is 0 Å². The van der Waals surface area contributed by atoms with E-state index in [9.17, 15) is 9.59 Å². The number of carbonyl (C=O) groups excluding carboxylic acids is 2. The number of nitrogens with one attached hydrogen (secondary N) is 2. The summed E-state index contributed by atoms with van der Waals surface area (Å²) in [5.74, 6) is -1.08. The topological polar surface area (TPSA) is 93.4 Å². The highest BCUT2D eigenvalue weighted by molar-refractivity contribution is 5.99. The van der Waals surface area contributed by atoms with E-state index >= 15 is 0 Å². The van der Waals surface area contributed by atoms with Crippen molar-refractivity contribution in [3.05, 3.63) is 29.8 Å². The molecule has 6 nitrogen and oxygen atoms in total. The number of primary amides is 1. The summed E-state index contributed by atoms with van der Waals surface area (Å²) >= 11 is 0. The molecule has 2 amide bonds. The third-order valence-corrected chi connectivity index (χ3v) is 2.00. The second-order valence-corrected chi connectivity index (χ2v) is 4.03. The highest BCUT2D eigenvalue weighted by atomic mass is 16.7. The standard InChI is InChI=1S/C12H17N3O3/c1-8(2)14-10-6-4-3-5-9(10)12(17)15-18-7-11(13)16/h3-6,8,14H,7H2,1-2H3,(H2,13,16)(H,15,17). The van der Waals surface area contributed by atoms with Crippen molar-refractivity contribution in [2.24, 2.45) is 5.73 Å². The molecule has 0 heterocycles. The molecular formula is C12H17N3O3. The summed E-state index contributed by atoms with van der Waals surface area (Å²) in [6.07, 6.45) is 0. The molecule has 0 aliphatic carbocycles. The molecule has 0 fully saturated rings. The van der Waals surface area contributed by atoms with E-state index in [-0.39, 0.29) is 12.6 Å². The van der Waals surface area contributed by atoms with Gasteiger partial charge in [-0.3, -0.25) is 14.4 Å². The molecule has 1 rings (SSSR count). The van der Waals surface area contributed by atoms with Crippen molar-refractivity contribution in [3.63, 3.8) is 0 Å². The van der Waals surface area contributed by atoms with Crippen LogP contribution in [0.4, 0.5) is 5.69 Å². The molecule has 0 radical (unpaired) electrons. The van der Waals surface area contributed by atoms with Crippen molar-refractivity contribution in [1.29, 1.82) is 0 Å². The normalized spacial score (nSPS) is 10.2. The first-order valence-corrected chi connectivity index (χ1v) is 5.56. The first-order valence-electron chi connectivity index (χ1n) is 5.56. The molecule has 18 heavy (non-hydrogen) atoms. The lowest BCUT2D eigenvalue weighted by atomic mass is 10.1. The van der Waals surface area contributed by atoms with Crippen LogP contribution in [0, 0.1) is 0 Å². The van der Waals surface area contributed by atoms with Gasteiger partial charge in [0.1, 0.15) is 0 Å². The van der Waals surface area contributed by atoms with E-state index in [4.69, 9.17) is 5.73 Å². The number of amides is 2. The van der Waals surface area contributed by atoms with Gasteiger partial charge in [-0.15, -0.1) is 0 Å². The van der Waals surface area contributed by atoms with E-state index in [2.05, 4.69) is 15.6 Å². The van der Waals surface area contributed by atoms with Crippen molar-refractivity contribution in [2.45, 2.75) is 19.9 Å². The van der Waals surface area contributed by atoms with Crippen LogP contribution >= 0.6 is 0 Å². The average Bonchev–Trinajstić information content (AvgIpc) is 2.28. The van der Waals surface area contributed by atoms with Crippen molar-refractivity contribution in [3.8, 4) is 0 Å². The molecule has 0 aliphatic rings. The Kier molecular flexibility index (Phi) is 5.13. The van der Waals surface area contributed by atoms with Gasteiger partial charge in [-0.2, -0.15) is 0 Å². The molecule has 0 aliphatic heterocycles. The van der Waals surface area contributed by atoms with Crippen LogP contribution in [-0.2, 0) is 9.63 Å². The zero-order valence-electron chi connectivity index (χ0n) is 10.4. The number of nitrogens with two attached hydrogens (primary N) is 1. The van der Waals surface area contributed by atoms with Gasteiger partial charge in [0.25, 0.3) is 5.91 Å². The molecule has 1 aromatic rings. The summed E-state index contributed by atoms with van der Waals surface area (Å²) in [5.41, 5.74) is 8.19. The number of hydrogen-bond acceptors (Lipinski definition) is 4. The Hall–Kier alpha value is -2.08.